The summed E-state index contributed by atoms with van der Waals surface area (Å²) in [5.41, 5.74) is 2.74. The third kappa shape index (κ3) is 4.10. The topological polar surface area (TPSA) is 79.5 Å². The predicted octanol–water partition coefficient (Wildman–Crippen LogP) is 2.06. The maximum absolute atomic E-state index is 9.77. The van der Waals surface area contributed by atoms with Gasteiger partial charge in [0.1, 0.15) is 12.6 Å². The molecule has 1 aliphatic heterocycles. The average molecular weight is 396 g/mol. The third-order valence-electron chi connectivity index (χ3n) is 5.44. The van der Waals surface area contributed by atoms with Crippen molar-refractivity contribution in [3.63, 3.8) is 0 Å². The fraction of sp³-hybridized carbons (Fsp3) is 0.476. The summed E-state index contributed by atoms with van der Waals surface area (Å²) < 4.78 is 8.11. The molecule has 0 radical (unpaired) electrons. The van der Waals surface area contributed by atoms with Crippen LogP contribution in [0.25, 0.3) is 11.2 Å². The van der Waals surface area contributed by atoms with Gasteiger partial charge in [-0.25, -0.2) is 15.0 Å². The Labute approximate surface area is 170 Å². The first-order chi connectivity index (χ1) is 14.1. The van der Waals surface area contributed by atoms with Crippen molar-refractivity contribution in [2.75, 3.05) is 31.6 Å². The molecular formula is C21H28N6O2. The van der Waals surface area contributed by atoms with Gasteiger partial charge in [-0.05, 0) is 19.4 Å². The summed E-state index contributed by atoms with van der Waals surface area (Å²) in [5, 5.41) is 9.77. The Kier molecular flexibility index (Phi) is 5.75. The minimum absolute atomic E-state index is 0.0231. The summed E-state index contributed by atoms with van der Waals surface area (Å²) in [4.78, 5) is 17.9. The van der Waals surface area contributed by atoms with E-state index in [1.165, 1.54) is 5.56 Å². The molecular weight excluding hydrogens is 368 g/mol. The second-order valence-corrected chi connectivity index (χ2v) is 7.80. The molecule has 0 saturated carbocycles. The van der Waals surface area contributed by atoms with Gasteiger partial charge in [0.15, 0.2) is 17.0 Å². The molecule has 1 N–H and O–H groups in total. The number of ether oxygens (including phenoxy) is 1. The van der Waals surface area contributed by atoms with Crippen LogP contribution >= 0.6 is 0 Å². The molecule has 154 valence electrons. The van der Waals surface area contributed by atoms with Gasteiger partial charge >= 0.3 is 0 Å². The monoisotopic (exact) mass is 396 g/mol. The Morgan fingerprint density at radius 1 is 1.17 bits per heavy atom. The molecule has 4 rings (SSSR count). The van der Waals surface area contributed by atoms with Crippen molar-refractivity contribution in [3.8, 4) is 0 Å². The summed E-state index contributed by atoms with van der Waals surface area (Å²) in [5.74, 6) is 0.805. The number of benzene rings is 1. The van der Waals surface area contributed by atoms with Crippen LogP contribution in [0.4, 0.5) is 5.82 Å². The third-order valence-corrected chi connectivity index (χ3v) is 5.44. The van der Waals surface area contributed by atoms with E-state index in [2.05, 4.69) is 50.7 Å². The summed E-state index contributed by atoms with van der Waals surface area (Å²) >= 11 is 0. The van der Waals surface area contributed by atoms with Gasteiger partial charge in [0, 0.05) is 32.7 Å². The van der Waals surface area contributed by atoms with E-state index in [0.29, 0.717) is 19.1 Å². The van der Waals surface area contributed by atoms with Crippen LogP contribution in [0.1, 0.15) is 25.6 Å². The van der Waals surface area contributed by atoms with Gasteiger partial charge in [0.25, 0.3) is 0 Å². The molecule has 0 aliphatic carbocycles. The number of aliphatic hydroxyl groups excluding tert-OH is 1. The zero-order valence-corrected chi connectivity index (χ0v) is 17.1. The van der Waals surface area contributed by atoms with E-state index in [-0.39, 0.29) is 18.9 Å². The number of anilines is 1. The lowest BCUT2D eigenvalue weighted by atomic mass is 10.2. The van der Waals surface area contributed by atoms with Crippen LogP contribution in [0.2, 0.25) is 0 Å². The number of aromatic nitrogens is 4. The molecule has 0 spiro atoms. The van der Waals surface area contributed by atoms with Crippen molar-refractivity contribution in [2.45, 2.75) is 38.8 Å². The molecule has 3 heterocycles. The van der Waals surface area contributed by atoms with Crippen LogP contribution in [0, 0.1) is 0 Å². The minimum atomic E-state index is -0.276. The number of hydrogen-bond donors (Lipinski definition) is 1. The van der Waals surface area contributed by atoms with Crippen molar-refractivity contribution >= 4 is 17.0 Å². The van der Waals surface area contributed by atoms with Gasteiger partial charge < -0.3 is 14.7 Å². The summed E-state index contributed by atoms with van der Waals surface area (Å²) in [7, 11) is 2.01. The molecule has 8 nitrogen and oxygen atoms in total. The molecule has 8 heteroatoms. The van der Waals surface area contributed by atoms with Crippen molar-refractivity contribution in [2.24, 2.45) is 0 Å². The van der Waals surface area contributed by atoms with Gasteiger partial charge in [-0.3, -0.25) is 9.47 Å². The van der Waals surface area contributed by atoms with E-state index in [1.807, 2.05) is 29.8 Å². The Morgan fingerprint density at radius 2 is 1.97 bits per heavy atom. The molecule has 2 aromatic heterocycles. The second-order valence-electron chi connectivity index (χ2n) is 7.80. The predicted molar refractivity (Wildman–Crippen MR) is 112 cm³/mol. The normalized spacial score (nSPS) is 20.4. The van der Waals surface area contributed by atoms with Crippen LogP contribution in [-0.2, 0) is 11.3 Å². The number of fused-ring (bicyclic) bond motifs is 1. The first kappa shape index (κ1) is 19.8. The second kappa shape index (κ2) is 8.44. The lowest BCUT2D eigenvalue weighted by molar-refractivity contribution is -0.135. The molecule has 1 saturated heterocycles. The fourth-order valence-corrected chi connectivity index (χ4v) is 3.67. The Hall–Kier alpha value is -2.55. The highest BCUT2D eigenvalue weighted by Crippen LogP contribution is 2.28. The van der Waals surface area contributed by atoms with Crippen LogP contribution in [0.5, 0.6) is 0 Å². The van der Waals surface area contributed by atoms with Gasteiger partial charge in [0.2, 0.25) is 0 Å². The molecule has 3 aromatic rings. The van der Waals surface area contributed by atoms with Crippen molar-refractivity contribution in [1.29, 1.82) is 0 Å². The number of imidazole rings is 1. The van der Waals surface area contributed by atoms with Crippen molar-refractivity contribution in [3.05, 3.63) is 48.5 Å². The minimum Gasteiger partial charge on any atom is -0.394 e. The molecule has 0 amide bonds. The number of morpholine rings is 1. The maximum Gasteiger partial charge on any atom is 0.167 e. The van der Waals surface area contributed by atoms with Gasteiger partial charge in [0.05, 0.1) is 19.0 Å². The first-order valence-electron chi connectivity index (χ1n) is 9.99. The molecule has 29 heavy (non-hydrogen) atoms. The lowest BCUT2D eigenvalue weighted by Gasteiger charge is -2.38. The number of nitrogens with zero attached hydrogens (tertiary/aromatic N) is 6. The Balaban J connectivity index is 1.62. The highest BCUT2D eigenvalue weighted by Gasteiger charge is 2.30. The largest absolute Gasteiger partial charge is 0.394 e. The summed E-state index contributed by atoms with van der Waals surface area (Å²) in [6, 6.07) is 10.6. The smallest absolute Gasteiger partial charge is 0.167 e. The zero-order valence-electron chi connectivity index (χ0n) is 17.1. The number of rotatable bonds is 6. The molecule has 1 aromatic carbocycles. The Morgan fingerprint density at radius 3 is 2.69 bits per heavy atom. The van der Waals surface area contributed by atoms with Crippen LogP contribution < -0.4 is 4.90 Å². The van der Waals surface area contributed by atoms with Gasteiger partial charge in [-0.1, -0.05) is 30.3 Å². The highest BCUT2D eigenvalue weighted by molar-refractivity contribution is 5.83. The lowest BCUT2D eigenvalue weighted by Crippen LogP contribution is -2.46. The van der Waals surface area contributed by atoms with Gasteiger partial charge in [-0.2, -0.15) is 0 Å². The van der Waals surface area contributed by atoms with E-state index in [4.69, 9.17) is 4.74 Å². The number of aliphatic hydroxyl groups is 1. The van der Waals surface area contributed by atoms with Crippen LogP contribution in [0.3, 0.4) is 0 Å². The van der Waals surface area contributed by atoms with Crippen molar-refractivity contribution in [1.82, 2.24) is 24.4 Å². The maximum atomic E-state index is 9.77. The molecule has 0 unspecified atom stereocenters. The average Bonchev–Trinajstić information content (AvgIpc) is 3.18. The quantitative estimate of drug-likeness (QED) is 0.683. The van der Waals surface area contributed by atoms with Crippen LogP contribution in [0.15, 0.2) is 43.0 Å². The number of hydrogen-bond acceptors (Lipinski definition) is 7. The molecule has 2 atom stereocenters. The van der Waals surface area contributed by atoms with Crippen LogP contribution in [-0.4, -0.2) is 68.4 Å². The summed E-state index contributed by atoms with van der Waals surface area (Å²) in [6.07, 6.45) is 2.81. The van der Waals surface area contributed by atoms with E-state index in [1.54, 1.807) is 12.7 Å². The fourth-order valence-electron chi connectivity index (χ4n) is 3.67. The highest BCUT2D eigenvalue weighted by atomic mass is 16.5. The van der Waals surface area contributed by atoms with Crippen molar-refractivity contribution < 1.29 is 9.84 Å². The molecule has 0 bridgehead atoms. The standard InChI is InChI=1S/C21H28N6O2/c1-15(2)25(3)20-19-21(23-13-22-20)27(14-24-19)18-11-26(10-17(12-28)29-18)9-16-7-5-4-6-8-16/h4-8,13-15,17-18,28H,9-12H2,1-3H3/t17-,18+/m0/s1. The zero-order chi connectivity index (χ0) is 20.4. The van der Waals surface area contributed by atoms with E-state index < -0.39 is 0 Å². The van der Waals surface area contributed by atoms with E-state index in [0.717, 1.165) is 23.5 Å². The summed E-state index contributed by atoms with van der Waals surface area (Å²) in [6.45, 7) is 6.39. The Bertz CT molecular complexity index is 945. The van der Waals surface area contributed by atoms with E-state index in [9.17, 15) is 5.11 Å². The first-order valence-corrected chi connectivity index (χ1v) is 9.99. The molecule has 1 aliphatic rings. The van der Waals surface area contributed by atoms with E-state index >= 15 is 0 Å². The SMILES string of the molecule is CC(C)N(C)c1ncnc2c1ncn2[C@H]1CN(Cc2ccccc2)C[C@@H](CO)O1. The molecule has 1 fully saturated rings. The van der Waals surface area contributed by atoms with Gasteiger partial charge in [-0.15, -0.1) is 0 Å².